The van der Waals surface area contributed by atoms with Crippen LogP contribution in [-0.2, 0) is 13.5 Å². The summed E-state index contributed by atoms with van der Waals surface area (Å²) in [4.78, 5) is 12.3. The number of carbonyl (C=O) groups is 1. The maximum atomic E-state index is 12.3. The van der Waals surface area contributed by atoms with Gasteiger partial charge >= 0.3 is 0 Å². The molecule has 2 aromatic carbocycles. The third kappa shape index (κ3) is 4.07. The van der Waals surface area contributed by atoms with Crippen LogP contribution in [0.2, 0.25) is 0 Å². The Hall–Kier alpha value is -3.08. The third-order valence-corrected chi connectivity index (χ3v) is 4.02. The van der Waals surface area contributed by atoms with Crippen molar-refractivity contribution in [3.05, 3.63) is 71.9 Å². The molecule has 1 heterocycles. The van der Waals surface area contributed by atoms with Gasteiger partial charge in [0.2, 0.25) is 0 Å². The number of rotatable bonds is 6. The lowest BCUT2D eigenvalue weighted by molar-refractivity contribution is 0.0948. The van der Waals surface area contributed by atoms with E-state index in [4.69, 9.17) is 4.74 Å². The Morgan fingerprint density at radius 1 is 1.12 bits per heavy atom. The summed E-state index contributed by atoms with van der Waals surface area (Å²) in [7, 11) is 3.46. The van der Waals surface area contributed by atoms with Crippen LogP contribution in [0.1, 0.15) is 16.1 Å². The molecule has 0 radical (unpaired) electrons. The zero-order chi connectivity index (χ0) is 17.6. The average Bonchev–Trinajstić information content (AvgIpc) is 3.04. The van der Waals surface area contributed by atoms with Crippen LogP contribution in [-0.4, -0.2) is 29.3 Å². The van der Waals surface area contributed by atoms with E-state index in [0.29, 0.717) is 12.2 Å². The van der Waals surface area contributed by atoms with Crippen molar-refractivity contribution >= 4 is 5.91 Å². The lowest BCUT2D eigenvalue weighted by Crippen LogP contribution is -2.26. The number of aromatic nitrogens is 2. The molecule has 0 aliphatic heterocycles. The highest BCUT2D eigenvalue weighted by Gasteiger charge is 2.14. The Bertz CT molecular complexity index is 856. The highest BCUT2D eigenvalue weighted by molar-refractivity contribution is 5.93. The molecule has 5 heteroatoms. The molecule has 1 amide bonds. The van der Waals surface area contributed by atoms with Gasteiger partial charge in [-0.25, -0.2) is 0 Å². The number of methoxy groups -OCH3 is 1. The lowest BCUT2D eigenvalue weighted by atomic mass is 10.1. The first-order chi connectivity index (χ1) is 12.2. The van der Waals surface area contributed by atoms with E-state index in [1.807, 2.05) is 61.6 Å². The smallest absolute Gasteiger partial charge is 0.271 e. The molecule has 0 fully saturated rings. The summed E-state index contributed by atoms with van der Waals surface area (Å²) in [5.41, 5.74) is 3.43. The maximum Gasteiger partial charge on any atom is 0.271 e. The number of carbonyl (C=O) groups excluding carboxylic acids is 1. The minimum Gasteiger partial charge on any atom is -0.497 e. The molecular formula is C20H21N3O2. The Morgan fingerprint density at radius 2 is 1.92 bits per heavy atom. The van der Waals surface area contributed by atoms with Gasteiger partial charge in [-0.1, -0.05) is 42.5 Å². The Labute approximate surface area is 147 Å². The van der Waals surface area contributed by atoms with Crippen molar-refractivity contribution in [2.75, 3.05) is 13.7 Å². The van der Waals surface area contributed by atoms with Crippen molar-refractivity contribution < 1.29 is 9.53 Å². The van der Waals surface area contributed by atoms with Crippen LogP contribution in [0.25, 0.3) is 11.3 Å². The van der Waals surface area contributed by atoms with Crippen molar-refractivity contribution in [2.45, 2.75) is 6.42 Å². The molecule has 0 aliphatic rings. The number of aryl methyl sites for hydroxylation is 1. The van der Waals surface area contributed by atoms with Gasteiger partial charge < -0.3 is 10.1 Å². The summed E-state index contributed by atoms with van der Waals surface area (Å²) >= 11 is 0. The number of hydrogen-bond donors (Lipinski definition) is 1. The second-order valence-corrected chi connectivity index (χ2v) is 5.76. The van der Waals surface area contributed by atoms with Crippen molar-refractivity contribution in [3.8, 4) is 17.0 Å². The first-order valence-electron chi connectivity index (χ1n) is 8.18. The Balaban J connectivity index is 1.67. The van der Waals surface area contributed by atoms with E-state index >= 15 is 0 Å². The second kappa shape index (κ2) is 7.66. The summed E-state index contributed by atoms with van der Waals surface area (Å²) in [5, 5.41) is 7.25. The van der Waals surface area contributed by atoms with Gasteiger partial charge in [-0.2, -0.15) is 5.10 Å². The summed E-state index contributed by atoms with van der Waals surface area (Å²) < 4.78 is 6.97. The third-order valence-electron chi connectivity index (χ3n) is 4.02. The molecule has 1 N–H and O–H groups in total. The maximum absolute atomic E-state index is 12.3. The Kier molecular flexibility index (Phi) is 5.14. The van der Waals surface area contributed by atoms with E-state index in [9.17, 15) is 4.79 Å². The molecule has 0 aliphatic carbocycles. The largest absolute Gasteiger partial charge is 0.497 e. The second-order valence-electron chi connectivity index (χ2n) is 5.76. The molecule has 0 saturated carbocycles. The number of benzene rings is 2. The van der Waals surface area contributed by atoms with Crippen LogP contribution in [0.3, 0.4) is 0 Å². The van der Waals surface area contributed by atoms with E-state index in [1.165, 1.54) is 5.56 Å². The van der Waals surface area contributed by atoms with Crippen molar-refractivity contribution in [1.82, 2.24) is 15.1 Å². The fourth-order valence-corrected chi connectivity index (χ4v) is 2.69. The van der Waals surface area contributed by atoms with Crippen LogP contribution in [0, 0.1) is 0 Å². The number of nitrogens with zero attached hydrogens (tertiary/aromatic N) is 2. The van der Waals surface area contributed by atoms with Crippen LogP contribution >= 0.6 is 0 Å². The van der Waals surface area contributed by atoms with Gasteiger partial charge in [-0.05, 0) is 30.2 Å². The summed E-state index contributed by atoms with van der Waals surface area (Å²) in [6, 6.07) is 19.6. The topological polar surface area (TPSA) is 56.1 Å². The number of nitrogens with one attached hydrogen (secondary N) is 1. The van der Waals surface area contributed by atoms with Gasteiger partial charge in [0.1, 0.15) is 5.75 Å². The molecule has 3 aromatic rings. The molecule has 25 heavy (non-hydrogen) atoms. The van der Waals surface area contributed by atoms with E-state index in [0.717, 1.165) is 23.4 Å². The highest BCUT2D eigenvalue weighted by atomic mass is 16.5. The number of ether oxygens (including phenoxy) is 1. The average molecular weight is 335 g/mol. The summed E-state index contributed by atoms with van der Waals surface area (Å²) in [6.07, 6.45) is 0.794. The Morgan fingerprint density at radius 3 is 2.68 bits per heavy atom. The normalized spacial score (nSPS) is 10.5. The molecule has 1 aromatic heterocycles. The van der Waals surface area contributed by atoms with Crippen molar-refractivity contribution in [3.63, 3.8) is 0 Å². The van der Waals surface area contributed by atoms with Gasteiger partial charge in [-0.3, -0.25) is 9.48 Å². The SMILES string of the molecule is COc1cccc(-c2cc(C(=O)NCCc3ccccc3)nn2C)c1. The fraction of sp³-hybridized carbons (Fsp3) is 0.200. The van der Waals surface area contributed by atoms with E-state index in [2.05, 4.69) is 10.4 Å². The van der Waals surface area contributed by atoms with Crippen molar-refractivity contribution in [2.24, 2.45) is 7.05 Å². The van der Waals surface area contributed by atoms with Crippen LogP contribution in [0.15, 0.2) is 60.7 Å². The van der Waals surface area contributed by atoms with Gasteiger partial charge in [0.25, 0.3) is 5.91 Å². The fourth-order valence-electron chi connectivity index (χ4n) is 2.69. The van der Waals surface area contributed by atoms with Crippen LogP contribution in [0.4, 0.5) is 0 Å². The standard InChI is InChI=1S/C20H21N3O2/c1-23-19(16-9-6-10-17(13-16)25-2)14-18(22-23)20(24)21-12-11-15-7-4-3-5-8-15/h3-10,13-14H,11-12H2,1-2H3,(H,21,24). The molecule has 0 bridgehead atoms. The molecule has 0 atom stereocenters. The van der Waals surface area contributed by atoms with Gasteiger partial charge in [0.15, 0.2) is 5.69 Å². The predicted molar refractivity (Wildman–Crippen MR) is 97.7 cm³/mol. The molecule has 0 spiro atoms. The lowest BCUT2D eigenvalue weighted by Gasteiger charge is -2.04. The summed E-state index contributed by atoms with van der Waals surface area (Å²) in [6.45, 7) is 0.577. The molecule has 128 valence electrons. The quantitative estimate of drug-likeness (QED) is 0.753. The molecule has 0 unspecified atom stereocenters. The van der Waals surface area contributed by atoms with Gasteiger partial charge in [0.05, 0.1) is 12.8 Å². The first kappa shape index (κ1) is 16.8. The zero-order valence-electron chi connectivity index (χ0n) is 14.4. The molecule has 5 nitrogen and oxygen atoms in total. The summed E-state index contributed by atoms with van der Waals surface area (Å²) in [5.74, 6) is 0.605. The molecule has 3 rings (SSSR count). The van der Waals surface area contributed by atoms with E-state index < -0.39 is 0 Å². The number of hydrogen-bond acceptors (Lipinski definition) is 3. The van der Waals surface area contributed by atoms with Gasteiger partial charge in [0, 0.05) is 19.2 Å². The minimum atomic E-state index is -0.166. The first-order valence-corrected chi connectivity index (χ1v) is 8.18. The van der Waals surface area contributed by atoms with Crippen molar-refractivity contribution in [1.29, 1.82) is 0 Å². The van der Waals surface area contributed by atoms with Crippen LogP contribution < -0.4 is 10.1 Å². The monoisotopic (exact) mass is 335 g/mol. The highest BCUT2D eigenvalue weighted by Crippen LogP contribution is 2.24. The van der Waals surface area contributed by atoms with Crippen LogP contribution in [0.5, 0.6) is 5.75 Å². The molecule has 0 saturated heterocycles. The van der Waals surface area contributed by atoms with Gasteiger partial charge in [-0.15, -0.1) is 0 Å². The van der Waals surface area contributed by atoms with E-state index in [-0.39, 0.29) is 5.91 Å². The predicted octanol–water partition coefficient (Wildman–Crippen LogP) is 3.07. The molecular weight excluding hydrogens is 314 g/mol. The zero-order valence-corrected chi connectivity index (χ0v) is 14.4. The minimum absolute atomic E-state index is 0.166. The number of amides is 1. The van der Waals surface area contributed by atoms with E-state index in [1.54, 1.807) is 17.9 Å².